The van der Waals surface area contributed by atoms with Crippen LogP contribution in [0.3, 0.4) is 0 Å². The largest absolute Gasteiger partial charge is 0.449 e. The lowest BCUT2D eigenvalue weighted by Crippen LogP contribution is -2.35. The highest BCUT2D eigenvalue weighted by Crippen LogP contribution is 2.45. The van der Waals surface area contributed by atoms with Gasteiger partial charge >= 0.3 is 0 Å². The topological polar surface area (TPSA) is 94.7 Å². The van der Waals surface area contributed by atoms with Gasteiger partial charge in [-0.25, -0.2) is 4.98 Å². The molecule has 130 valence electrons. The molecule has 25 heavy (non-hydrogen) atoms. The van der Waals surface area contributed by atoms with Gasteiger partial charge in [-0.3, -0.25) is 4.79 Å². The Morgan fingerprint density at radius 1 is 1.48 bits per heavy atom. The highest BCUT2D eigenvalue weighted by Gasteiger charge is 2.48. The molecule has 1 unspecified atom stereocenters. The van der Waals surface area contributed by atoms with Crippen molar-refractivity contribution < 1.29 is 9.21 Å². The molecular formula is C19H22N4O2. The van der Waals surface area contributed by atoms with Crippen LogP contribution < -0.4 is 15.9 Å². The second-order valence-electron chi connectivity index (χ2n) is 6.18. The fourth-order valence-corrected chi connectivity index (χ4v) is 2.97. The molecule has 6 nitrogen and oxygen atoms in total. The van der Waals surface area contributed by atoms with E-state index in [1.54, 1.807) is 19.3 Å². The Kier molecular flexibility index (Phi) is 4.49. The van der Waals surface area contributed by atoms with Crippen LogP contribution in [0.4, 0.5) is 0 Å². The van der Waals surface area contributed by atoms with Crippen molar-refractivity contribution in [2.45, 2.75) is 45.6 Å². The molecule has 0 aromatic carbocycles. The Morgan fingerprint density at radius 2 is 2.24 bits per heavy atom. The van der Waals surface area contributed by atoms with Gasteiger partial charge in [0.1, 0.15) is 17.7 Å². The molecule has 0 saturated heterocycles. The average molecular weight is 338 g/mol. The molecule has 2 heterocycles. The number of H-pyrrole nitrogens is 1. The van der Waals surface area contributed by atoms with Crippen molar-refractivity contribution in [2.75, 3.05) is 0 Å². The monoisotopic (exact) mass is 338 g/mol. The second-order valence-corrected chi connectivity index (χ2v) is 6.18. The van der Waals surface area contributed by atoms with E-state index in [2.05, 4.69) is 21.4 Å². The summed E-state index contributed by atoms with van der Waals surface area (Å²) in [5.74, 6) is 0.317. The summed E-state index contributed by atoms with van der Waals surface area (Å²) in [4.78, 5) is 20.0. The smallest absolute Gasteiger partial charge is 0.268 e. The van der Waals surface area contributed by atoms with Crippen LogP contribution in [0.2, 0.25) is 0 Å². The van der Waals surface area contributed by atoms with Gasteiger partial charge in [0, 0.05) is 12.3 Å². The molecule has 2 aromatic rings. The summed E-state index contributed by atoms with van der Waals surface area (Å²) >= 11 is 0. The van der Waals surface area contributed by atoms with E-state index >= 15 is 0 Å². The van der Waals surface area contributed by atoms with E-state index in [0.29, 0.717) is 18.0 Å². The molecular weight excluding hydrogens is 316 g/mol. The number of aromatic nitrogens is 2. The number of carbonyl (C=O) groups is 1. The maximum atomic E-state index is 12.6. The molecule has 1 atom stereocenters. The van der Waals surface area contributed by atoms with Gasteiger partial charge in [-0.15, -0.1) is 0 Å². The number of aromatic amines is 1. The summed E-state index contributed by atoms with van der Waals surface area (Å²) in [6.07, 6.45) is 7.87. The lowest BCUT2D eigenvalue weighted by Gasteiger charge is -2.13. The first-order valence-corrected chi connectivity index (χ1v) is 8.65. The van der Waals surface area contributed by atoms with Gasteiger partial charge in [0.15, 0.2) is 5.89 Å². The second kappa shape index (κ2) is 6.60. The van der Waals surface area contributed by atoms with E-state index in [0.717, 1.165) is 29.1 Å². The van der Waals surface area contributed by atoms with Crippen molar-refractivity contribution in [1.29, 1.82) is 5.26 Å². The Balaban J connectivity index is 0.000000880. The average Bonchev–Trinajstić information content (AvgIpc) is 3.08. The normalized spacial score (nSPS) is 19.2. The molecule has 6 heteroatoms. The lowest BCUT2D eigenvalue weighted by molar-refractivity contribution is 0.0925. The van der Waals surface area contributed by atoms with Crippen LogP contribution in [0.5, 0.6) is 0 Å². The Morgan fingerprint density at radius 3 is 2.84 bits per heavy atom. The third kappa shape index (κ3) is 3.22. The van der Waals surface area contributed by atoms with Gasteiger partial charge in [0.25, 0.3) is 5.91 Å². The van der Waals surface area contributed by atoms with Crippen molar-refractivity contribution in [2.24, 2.45) is 5.92 Å². The van der Waals surface area contributed by atoms with E-state index in [9.17, 15) is 4.79 Å². The molecule has 0 radical (unpaired) electrons. The maximum Gasteiger partial charge on any atom is 0.268 e. The fourth-order valence-electron chi connectivity index (χ4n) is 2.97. The van der Waals surface area contributed by atoms with Crippen LogP contribution >= 0.6 is 0 Å². The summed E-state index contributed by atoms with van der Waals surface area (Å²) in [5.41, 5.74) is 0.887. The molecule has 0 aliphatic heterocycles. The standard InChI is InChI=1S/C17H16N4O2.C2H6/c1-10-19-15(9-23-10)17(4-5-17)21-16(22)14-7-12-6-11(8-18)2-3-13(12)20-14;1-2/h3,6-7,9,11,20H,2,4-5H2,1H3,(H,21,22);1-2H3. The highest BCUT2D eigenvalue weighted by atomic mass is 16.3. The Bertz CT molecular complexity index is 941. The number of nitriles is 1. The van der Waals surface area contributed by atoms with Crippen LogP contribution in [0.25, 0.3) is 12.2 Å². The number of oxazole rings is 1. The number of rotatable bonds is 3. The van der Waals surface area contributed by atoms with Gasteiger partial charge in [0.2, 0.25) is 0 Å². The first-order chi connectivity index (χ1) is 12.1. The van der Waals surface area contributed by atoms with Crippen molar-refractivity contribution >= 4 is 18.1 Å². The van der Waals surface area contributed by atoms with E-state index in [4.69, 9.17) is 9.68 Å². The highest BCUT2D eigenvalue weighted by molar-refractivity contribution is 5.93. The predicted octanol–water partition coefficient (Wildman–Crippen LogP) is 1.86. The van der Waals surface area contributed by atoms with Crippen LogP contribution in [0.1, 0.15) is 55.2 Å². The van der Waals surface area contributed by atoms with Crippen LogP contribution in [-0.4, -0.2) is 15.9 Å². The Labute approximate surface area is 146 Å². The first kappa shape index (κ1) is 17.0. The maximum absolute atomic E-state index is 12.6. The predicted molar refractivity (Wildman–Crippen MR) is 93.7 cm³/mol. The van der Waals surface area contributed by atoms with Crippen molar-refractivity contribution in [1.82, 2.24) is 15.3 Å². The molecule has 4 rings (SSSR count). The van der Waals surface area contributed by atoms with Gasteiger partial charge in [-0.05, 0) is 30.5 Å². The minimum atomic E-state index is -0.400. The summed E-state index contributed by atoms with van der Waals surface area (Å²) in [6.45, 7) is 5.79. The lowest BCUT2D eigenvalue weighted by atomic mass is 10.0. The van der Waals surface area contributed by atoms with E-state index in [1.807, 2.05) is 26.0 Å². The van der Waals surface area contributed by atoms with Gasteiger partial charge in [0.05, 0.1) is 17.5 Å². The van der Waals surface area contributed by atoms with E-state index < -0.39 is 5.54 Å². The molecule has 1 amide bonds. The Hall–Kier alpha value is -2.81. The van der Waals surface area contributed by atoms with Gasteiger partial charge in [-0.2, -0.15) is 5.26 Å². The van der Waals surface area contributed by atoms with Gasteiger partial charge in [-0.1, -0.05) is 26.0 Å². The molecule has 1 saturated carbocycles. The van der Waals surface area contributed by atoms with E-state index in [1.165, 1.54) is 0 Å². The van der Waals surface area contributed by atoms with Crippen LogP contribution in [0, 0.1) is 24.2 Å². The number of nitrogens with one attached hydrogen (secondary N) is 2. The number of hydrogen-bond acceptors (Lipinski definition) is 4. The summed E-state index contributed by atoms with van der Waals surface area (Å²) < 4.78 is 5.26. The zero-order valence-corrected chi connectivity index (χ0v) is 14.7. The molecule has 0 bridgehead atoms. The molecule has 2 aromatic heterocycles. The van der Waals surface area contributed by atoms with Crippen LogP contribution in [0.15, 0.2) is 16.7 Å². The molecule has 2 aliphatic carbocycles. The first-order valence-electron chi connectivity index (χ1n) is 8.65. The molecule has 0 spiro atoms. The third-order valence-electron chi connectivity index (χ3n) is 4.46. The number of carbonyl (C=O) groups excluding carboxylic acids is 1. The minimum absolute atomic E-state index is 0.123. The number of amides is 1. The van der Waals surface area contributed by atoms with Crippen molar-refractivity contribution in [3.63, 3.8) is 0 Å². The minimum Gasteiger partial charge on any atom is -0.449 e. The number of nitrogens with zero attached hydrogens (tertiary/aromatic N) is 2. The number of hydrogen-bond donors (Lipinski definition) is 2. The van der Waals surface area contributed by atoms with Crippen molar-refractivity contribution in [3.05, 3.63) is 40.2 Å². The van der Waals surface area contributed by atoms with Crippen LogP contribution in [-0.2, 0) is 5.54 Å². The molecule has 1 fully saturated rings. The zero-order chi connectivity index (χ0) is 18.0. The fraction of sp³-hybridized carbons (Fsp3) is 0.421. The van der Waals surface area contributed by atoms with E-state index in [-0.39, 0.29) is 11.8 Å². The zero-order valence-electron chi connectivity index (χ0n) is 14.7. The molecule has 2 aliphatic rings. The van der Waals surface area contributed by atoms with Gasteiger partial charge < -0.3 is 14.7 Å². The SMILES string of the molecule is CC.Cc1nc(C2(NC(=O)c3cc4c([nH]3)=CCC(C#N)C=4)CC2)co1. The van der Waals surface area contributed by atoms with Crippen molar-refractivity contribution in [3.8, 4) is 6.07 Å². The number of fused-ring (bicyclic) bond motifs is 1. The molecule has 2 N–H and O–H groups in total. The summed E-state index contributed by atoms with van der Waals surface area (Å²) in [5, 5.41) is 13.9. The quantitative estimate of drug-likeness (QED) is 0.893. The summed E-state index contributed by atoms with van der Waals surface area (Å²) in [7, 11) is 0. The summed E-state index contributed by atoms with van der Waals surface area (Å²) in [6, 6.07) is 4.04. The number of aryl methyl sites for hydroxylation is 1. The third-order valence-corrected chi connectivity index (χ3v) is 4.46.